The molecule has 2 N–H and O–H groups in total. The number of aliphatic hydroxyl groups is 1. The molecule has 0 unspecified atom stereocenters. The number of hydrogen-bond acceptors (Lipinski definition) is 6. The molecule has 120 valence electrons. The van der Waals surface area contributed by atoms with Gasteiger partial charge in [0.15, 0.2) is 11.5 Å². The van der Waals surface area contributed by atoms with Gasteiger partial charge in [-0.25, -0.2) is 13.1 Å². The summed E-state index contributed by atoms with van der Waals surface area (Å²) >= 11 is 0. The van der Waals surface area contributed by atoms with Crippen molar-refractivity contribution >= 4 is 10.0 Å². The van der Waals surface area contributed by atoms with E-state index in [1.54, 1.807) is 0 Å². The molecule has 21 heavy (non-hydrogen) atoms. The molecule has 7 nitrogen and oxygen atoms in total. The zero-order valence-corrected chi connectivity index (χ0v) is 13.2. The van der Waals surface area contributed by atoms with Gasteiger partial charge in [0.2, 0.25) is 10.0 Å². The van der Waals surface area contributed by atoms with Crippen LogP contribution in [0, 0.1) is 0 Å². The SMILES string of the molecule is CCOCCNS(=O)(=O)c1cc(CO)c(OC)c(OC)c1. The molecule has 1 aromatic rings. The number of methoxy groups -OCH3 is 2. The Morgan fingerprint density at radius 2 is 1.95 bits per heavy atom. The second kappa shape index (κ2) is 8.18. The number of hydrogen-bond donors (Lipinski definition) is 2. The van der Waals surface area contributed by atoms with Crippen LogP contribution >= 0.6 is 0 Å². The number of aliphatic hydroxyl groups excluding tert-OH is 1. The molecule has 1 aromatic carbocycles. The summed E-state index contributed by atoms with van der Waals surface area (Å²) in [5, 5.41) is 9.33. The van der Waals surface area contributed by atoms with Crippen molar-refractivity contribution in [2.75, 3.05) is 34.0 Å². The molecule has 0 bridgehead atoms. The predicted molar refractivity (Wildman–Crippen MR) is 77.2 cm³/mol. The Balaban J connectivity index is 3.06. The number of ether oxygens (including phenoxy) is 3. The molecule has 0 saturated heterocycles. The van der Waals surface area contributed by atoms with Crippen LogP contribution in [-0.4, -0.2) is 47.5 Å². The zero-order valence-electron chi connectivity index (χ0n) is 12.4. The Bertz CT molecular complexity index is 533. The standard InChI is InChI=1S/C13H21NO6S/c1-4-20-6-5-14-21(16,17)11-7-10(9-15)13(19-3)12(8-11)18-2/h7-8,14-15H,4-6,9H2,1-3H3. The molecule has 0 atom stereocenters. The van der Waals surface area contributed by atoms with E-state index in [0.717, 1.165) is 0 Å². The number of nitrogens with one attached hydrogen (secondary N) is 1. The molecular weight excluding hydrogens is 298 g/mol. The van der Waals surface area contributed by atoms with Crippen molar-refractivity contribution in [1.82, 2.24) is 4.72 Å². The van der Waals surface area contributed by atoms with Gasteiger partial charge >= 0.3 is 0 Å². The molecule has 0 aromatic heterocycles. The highest BCUT2D eigenvalue weighted by molar-refractivity contribution is 7.89. The van der Waals surface area contributed by atoms with Crippen molar-refractivity contribution in [2.24, 2.45) is 0 Å². The fourth-order valence-corrected chi connectivity index (χ4v) is 2.84. The Labute approximate surface area is 124 Å². The van der Waals surface area contributed by atoms with E-state index < -0.39 is 10.0 Å². The van der Waals surface area contributed by atoms with Crippen LogP contribution in [0.25, 0.3) is 0 Å². The summed E-state index contributed by atoms with van der Waals surface area (Å²) < 4.78 is 42.1. The van der Waals surface area contributed by atoms with Gasteiger partial charge in [0.05, 0.1) is 32.3 Å². The maximum atomic E-state index is 12.2. The van der Waals surface area contributed by atoms with Gasteiger partial charge < -0.3 is 19.3 Å². The second-order valence-electron chi connectivity index (χ2n) is 4.07. The van der Waals surface area contributed by atoms with Crippen molar-refractivity contribution in [2.45, 2.75) is 18.4 Å². The van der Waals surface area contributed by atoms with Crippen LogP contribution in [0.5, 0.6) is 11.5 Å². The van der Waals surface area contributed by atoms with Gasteiger partial charge in [-0.1, -0.05) is 0 Å². The van der Waals surface area contributed by atoms with Crippen molar-refractivity contribution < 1.29 is 27.7 Å². The highest BCUT2D eigenvalue weighted by atomic mass is 32.2. The van der Waals surface area contributed by atoms with Crippen molar-refractivity contribution in [3.63, 3.8) is 0 Å². The van der Waals surface area contributed by atoms with Crippen molar-refractivity contribution in [3.8, 4) is 11.5 Å². The van der Waals surface area contributed by atoms with Crippen LogP contribution < -0.4 is 14.2 Å². The highest BCUT2D eigenvalue weighted by Crippen LogP contribution is 2.34. The van der Waals surface area contributed by atoms with Crippen LogP contribution in [0.3, 0.4) is 0 Å². The zero-order chi connectivity index (χ0) is 15.9. The summed E-state index contributed by atoms with van der Waals surface area (Å²) in [6.45, 7) is 2.44. The molecule has 0 radical (unpaired) electrons. The summed E-state index contributed by atoms with van der Waals surface area (Å²) in [6, 6.07) is 2.70. The summed E-state index contributed by atoms with van der Waals surface area (Å²) in [5.41, 5.74) is 0.335. The molecule has 0 aliphatic rings. The van der Waals surface area contributed by atoms with E-state index in [1.165, 1.54) is 26.4 Å². The number of rotatable bonds is 9. The minimum atomic E-state index is -3.71. The van der Waals surface area contributed by atoms with Crippen LogP contribution in [0.2, 0.25) is 0 Å². The minimum absolute atomic E-state index is 0.000647. The fraction of sp³-hybridized carbons (Fsp3) is 0.538. The third kappa shape index (κ3) is 4.57. The lowest BCUT2D eigenvalue weighted by Gasteiger charge is -2.14. The number of sulfonamides is 1. The lowest BCUT2D eigenvalue weighted by Crippen LogP contribution is -2.27. The fourth-order valence-electron chi connectivity index (χ4n) is 1.76. The Morgan fingerprint density at radius 3 is 2.48 bits per heavy atom. The topological polar surface area (TPSA) is 94.1 Å². The van der Waals surface area contributed by atoms with Crippen LogP contribution in [0.1, 0.15) is 12.5 Å². The third-order valence-corrected chi connectivity index (χ3v) is 4.19. The normalized spacial score (nSPS) is 11.4. The van der Waals surface area contributed by atoms with E-state index in [4.69, 9.17) is 14.2 Å². The molecule has 0 aliphatic carbocycles. The Morgan fingerprint density at radius 1 is 1.24 bits per heavy atom. The first-order valence-electron chi connectivity index (χ1n) is 6.43. The first-order valence-corrected chi connectivity index (χ1v) is 7.91. The summed E-state index contributed by atoms with van der Waals surface area (Å²) in [4.78, 5) is 0.000647. The van der Waals surface area contributed by atoms with Gasteiger partial charge in [0.25, 0.3) is 0 Å². The van der Waals surface area contributed by atoms with Gasteiger partial charge in [-0.15, -0.1) is 0 Å². The van der Waals surface area contributed by atoms with Crippen molar-refractivity contribution in [3.05, 3.63) is 17.7 Å². The van der Waals surface area contributed by atoms with Gasteiger partial charge in [0, 0.05) is 24.8 Å². The van der Waals surface area contributed by atoms with Gasteiger partial charge in [0.1, 0.15) is 0 Å². The largest absolute Gasteiger partial charge is 0.493 e. The van der Waals surface area contributed by atoms with E-state index >= 15 is 0 Å². The quantitative estimate of drug-likeness (QED) is 0.644. The Kier molecular flexibility index (Phi) is 6.90. The average molecular weight is 319 g/mol. The molecule has 0 amide bonds. The first kappa shape index (κ1) is 17.7. The van der Waals surface area contributed by atoms with E-state index in [1.807, 2.05) is 6.92 Å². The summed E-state index contributed by atoms with van der Waals surface area (Å²) in [5.74, 6) is 0.558. The van der Waals surface area contributed by atoms with E-state index in [0.29, 0.717) is 17.9 Å². The molecule has 0 aliphatic heterocycles. The third-order valence-electron chi connectivity index (χ3n) is 2.75. The molecule has 1 rings (SSSR count). The monoisotopic (exact) mass is 319 g/mol. The lowest BCUT2D eigenvalue weighted by molar-refractivity contribution is 0.153. The first-order chi connectivity index (χ1) is 10.00. The van der Waals surface area contributed by atoms with Crippen LogP contribution in [0.15, 0.2) is 17.0 Å². The maximum Gasteiger partial charge on any atom is 0.240 e. The minimum Gasteiger partial charge on any atom is -0.493 e. The Hall–Kier alpha value is -1.35. The molecule has 0 fully saturated rings. The lowest BCUT2D eigenvalue weighted by atomic mass is 10.2. The predicted octanol–water partition coefficient (Wildman–Crippen LogP) is 0.511. The smallest absolute Gasteiger partial charge is 0.240 e. The second-order valence-corrected chi connectivity index (χ2v) is 5.84. The van der Waals surface area contributed by atoms with Gasteiger partial charge in [-0.2, -0.15) is 0 Å². The summed E-state index contributed by atoms with van der Waals surface area (Å²) in [6.07, 6.45) is 0. The summed E-state index contributed by atoms with van der Waals surface area (Å²) in [7, 11) is -0.885. The van der Waals surface area contributed by atoms with E-state index in [2.05, 4.69) is 4.72 Å². The van der Waals surface area contributed by atoms with Gasteiger partial charge in [-0.3, -0.25) is 0 Å². The van der Waals surface area contributed by atoms with Crippen LogP contribution in [-0.2, 0) is 21.4 Å². The van der Waals surface area contributed by atoms with E-state index in [9.17, 15) is 13.5 Å². The molecular formula is C13H21NO6S. The number of benzene rings is 1. The molecule has 0 spiro atoms. The average Bonchev–Trinajstić information content (AvgIpc) is 2.49. The van der Waals surface area contributed by atoms with Gasteiger partial charge in [-0.05, 0) is 13.0 Å². The van der Waals surface area contributed by atoms with Crippen LogP contribution in [0.4, 0.5) is 0 Å². The highest BCUT2D eigenvalue weighted by Gasteiger charge is 2.20. The molecule has 0 heterocycles. The molecule has 0 saturated carbocycles. The van der Waals surface area contributed by atoms with E-state index in [-0.39, 0.29) is 30.4 Å². The molecule has 8 heteroatoms. The maximum absolute atomic E-state index is 12.2. The van der Waals surface area contributed by atoms with Crippen molar-refractivity contribution in [1.29, 1.82) is 0 Å².